The number of hydrogen-bond donors (Lipinski definition) is 1. The van der Waals surface area contributed by atoms with E-state index in [1.807, 2.05) is 42.7 Å². The highest BCUT2D eigenvalue weighted by Gasteiger charge is 2.33. The van der Waals surface area contributed by atoms with Crippen LogP contribution in [0.4, 0.5) is 11.6 Å². The summed E-state index contributed by atoms with van der Waals surface area (Å²) in [5, 5.41) is 8.46. The Bertz CT molecular complexity index is 1150. The van der Waals surface area contributed by atoms with Gasteiger partial charge in [0.1, 0.15) is 23.2 Å². The minimum atomic E-state index is -0.0871. The summed E-state index contributed by atoms with van der Waals surface area (Å²) >= 11 is 0. The first-order valence-electron chi connectivity index (χ1n) is 11.1. The van der Waals surface area contributed by atoms with Crippen LogP contribution in [0.1, 0.15) is 55.1 Å². The van der Waals surface area contributed by atoms with Gasteiger partial charge in [0.05, 0.1) is 17.8 Å². The number of carbonyl (C=O) groups excluding carboxylic acids is 1. The van der Waals surface area contributed by atoms with Gasteiger partial charge in [-0.25, -0.2) is 9.97 Å². The van der Waals surface area contributed by atoms with Crippen molar-refractivity contribution in [1.82, 2.24) is 24.7 Å². The SMILES string of the molecule is CCN(c1cc2c(c(CN)n1)CN(c1cccc(-c3nnc(C)n3CC)n1)C2=O)C(C)C. The summed E-state index contributed by atoms with van der Waals surface area (Å²) in [5.41, 5.74) is 8.99. The summed E-state index contributed by atoms with van der Waals surface area (Å²) in [6, 6.07) is 7.78. The van der Waals surface area contributed by atoms with Crippen LogP contribution in [0.15, 0.2) is 24.3 Å². The standard InChI is InChI=1S/C23H30N8O/c1-6-29(14(3)4)21-11-16-17(19(12-24)26-21)13-31(23(16)32)20-10-8-9-18(25-20)22-28-27-15(5)30(22)7-2/h8-11,14H,6-7,12-13,24H2,1-5H3. The number of pyridine rings is 2. The Balaban J connectivity index is 1.73. The van der Waals surface area contributed by atoms with Crippen molar-refractivity contribution in [3.05, 3.63) is 46.9 Å². The van der Waals surface area contributed by atoms with Crippen molar-refractivity contribution in [2.45, 2.75) is 60.3 Å². The fourth-order valence-corrected chi connectivity index (χ4v) is 4.29. The predicted octanol–water partition coefficient (Wildman–Crippen LogP) is 2.92. The quantitative estimate of drug-likeness (QED) is 0.609. The fourth-order valence-electron chi connectivity index (χ4n) is 4.29. The van der Waals surface area contributed by atoms with Gasteiger partial charge in [0, 0.05) is 31.2 Å². The third-order valence-corrected chi connectivity index (χ3v) is 5.93. The van der Waals surface area contributed by atoms with Crippen LogP contribution in [0.25, 0.3) is 11.5 Å². The van der Waals surface area contributed by atoms with Crippen molar-refractivity contribution in [2.75, 3.05) is 16.3 Å². The molecule has 9 nitrogen and oxygen atoms in total. The molecule has 1 amide bonds. The van der Waals surface area contributed by atoms with Crippen LogP contribution >= 0.6 is 0 Å². The van der Waals surface area contributed by atoms with E-state index in [1.54, 1.807) is 4.90 Å². The molecular formula is C23H30N8O. The number of amides is 1. The Morgan fingerprint density at radius 3 is 2.62 bits per heavy atom. The zero-order valence-corrected chi connectivity index (χ0v) is 19.3. The Morgan fingerprint density at radius 1 is 1.19 bits per heavy atom. The molecule has 0 saturated carbocycles. The van der Waals surface area contributed by atoms with Gasteiger partial charge in [0.2, 0.25) is 0 Å². The van der Waals surface area contributed by atoms with E-state index in [1.165, 1.54) is 0 Å². The van der Waals surface area contributed by atoms with Crippen molar-refractivity contribution in [1.29, 1.82) is 0 Å². The lowest BCUT2D eigenvalue weighted by molar-refractivity contribution is 0.0996. The van der Waals surface area contributed by atoms with Crippen LogP contribution in [0.3, 0.4) is 0 Å². The number of fused-ring (bicyclic) bond motifs is 1. The van der Waals surface area contributed by atoms with Crippen molar-refractivity contribution >= 4 is 17.5 Å². The smallest absolute Gasteiger partial charge is 0.260 e. The summed E-state index contributed by atoms with van der Waals surface area (Å²) in [4.78, 5) is 26.8. The number of aromatic nitrogens is 5. The molecule has 0 aliphatic carbocycles. The van der Waals surface area contributed by atoms with Gasteiger partial charge in [-0.2, -0.15) is 0 Å². The van der Waals surface area contributed by atoms with E-state index < -0.39 is 0 Å². The molecule has 4 rings (SSSR count). The number of aryl methyl sites for hydroxylation is 1. The maximum Gasteiger partial charge on any atom is 0.260 e. The number of nitrogens with two attached hydrogens (primary N) is 1. The Morgan fingerprint density at radius 2 is 1.97 bits per heavy atom. The highest BCUT2D eigenvalue weighted by Crippen LogP contribution is 2.32. The molecule has 0 fully saturated rings. The lowest BCUT2D eigenvalue weighted by atomic mass is 10.1. The number of rotatable bonds is 7. The maximum absolute atomic E-state index is 13.4. The van der Waals surface area contributed by atoms with Gasteiger partial charge in [0.15, 0.2) is 5.82 Å². The van der Waals surface area contributed by atoms with Gasteiger partial charge in [-0.1, -0.05) is 6.07 Å². The third kappa shape index (κ3) is 3.62. The van der Waals surface area contributed by atoms with Crippen LogP contribution < -0.4 is 15.5 Å². The molecule has 0 bridgehead atoms. The summed E-state index contributed by atoms with van der Waals surface area (Å²) in [6.45, 7) is 12.5. The molecule has 0 spiro atoms. The summed E-state index contributed by atoms with van der Waals surface area (Å²) < 4.78 is 2.00. The van der Waals surface area contributed by atoms with Gasteiger partial charge in [-0.05, 0) is 52.8 Å². The van der Waals surface area contributed by atoms with Gasteiger partial charge in [0.25, 0.3) is 5.91 Å². The second-order valence-corrected chi connectivity index (χ2v) is 8.12. The first-order chi connectivity index (χ1) is 15.4. The Kier molecular flexibility index (Phi) is 5.92. The van der Waals surface area contributed by atoms with Crippen molar-refractivity contribution in [3.8, 4) is 11.5 Å². The largest absolute Gasteiger partial charge is 0.354 e. The maximum atomic E-state index is 13.4. The monoisotopic (exact) mass is 434 g/mol. The molecule has 168 valence electrons. The second kappa shape index (κ2) is 8.66. The van der Waals surface area contributed by atoms with E-state index in [0.29, 0.717) is 29.4 Å². The number of hydrogen-bond acceptors (Lipinski definition) is 7. The average Bonchev–Trinajstić information content (AvgIpc) is 3.33. The van der Waals surface area contributed by atoms with Gasteiger partial charge < -0.3 is 15.2 Å². The Labute approximate surface area is 188 Å². The zero-order valence-electron chi connectivity index (χ0n) is 19.3. The summed E-state index contributed by atoms with van der Waals surface area (Å²) in [6.07, 6.45) is 0. The van der Waals surface area contributed by atoms with Crippen LogP contribution in [-0.4, -0.2) is 43.2 Å². The molecule has 3 aromatic heterocycles. The first-order valence-corrected chi connectivity index (χ1v) is 11.1. The molecule has 0 atom stereocenters. The lowest BCUT2D eigenvalue weighted by Gasteiger charge is -2.27. The third-order valence-electron chi connectivity index (χ3n) is 5.93. The molecule has 3 aromatic rings. The zero-order chi connectivity index (χ0) is 23.0. The average molecular weight is 435 g/mol. The van der Waals surface area contributed by atoms with Gasteiger partial charge in [-0.15, -0.1) is 10.2 Å². The predicted molar refractivity (Wildman–Crippen MR) is 124 cm³/mol. The lowest BCUT2D eigenvalue weighted by Crippen LogP contribution is -2.31. The molecule has 32 heavy (non-hydrogen) atoms. The van der Waals surface area contributed by atoms with Crippen LogP contribution in [0, 0.1) is 6.92 Å². The van der Waals surface area contributed by atoms with Crippen molar-refractivity contribution in [2.24, 2.45) is 5.73 Å². The second-order valence-electron chi connectivity index (χ2n) is 8.12. The van der Waals surface area contributed by atoms with Crippen molar-refractivity contribution < 1.29 is 4.79 Å². The molecule has 0 radical (unpaired) electrons. The fraction of sp³-hybridized carbons (Fsp3) is 0.435. The minimum absolute atomic E-state index is 0.0871. The summed E-state index contributed by atoms with van der Waals surface area (Å²) in [5.74, 6) is 2.79. The summed E-state index contributed by atoms with van der Waals surface area (Å²) in [7, 11) is 0. The van der Waals surface area contributed by atoms with E-state index in [0.717, 1.165) is 36.0 Å². The molecular weight excluding hydrogens is 404 g/mol. The molecule has 9 heteroatoms. The van der Waals surface area contributed by atoms with Crippen LogP contribution in [0.2, 0.25) is 0 Å². The number of carbonyl (C=O) groups is 1. The Hall–Kier alpha value is -3.33. The molecule has 1 aliphatic heterocycles. The topological polar surface area (TPSA) is 106 Å². The number of anilines is 2. The van der Waals surface area contributed by atoms with E-state index in [9.17, 15) is 4.79 Å². The van der Waals surface area contributed by atoms with Crippen LogP contribution in [0.5, 0.6) is 0 Å². The molecule has 4 heterocycles. The highest BCUT2D eigenvalue weighted by molar-refractivity contribution is 6.10. The molecule has 0 unspecified atom stereocenters. The molecule has 2 N–H and O–H groups in total. The van der Waals surface area contributed by atoms with E-state index in [-0.39, 0.29) is 18.5 Å². The number of nitrogens with zero attached hydrogens (tertiary/aromatic N) is 7. The molecule has 0 saturated heterocycles. The van der Waals surface area contributed by atoms with E-state index in [4.69, 9.17) is 15.7 Å². The first kappa shape index (κ1) is 21.9. The van der Waals surface area contributed by atoms with E-state index in [2.05, 4.69) is 35.9 Å². The van der Waals surface area contributed by atoms with Crippen LogP contribution in [-0.2, 0) is 19.6 Å². The van der Waals surface area contributed by atoms with Crippen molar-refractivity contribution in [3.63, 3.8) is 0 Å². The van der Waals surface area contributed by atoms with E-state index >= 15 is 0 Å². The highest BCUT2D eigenvalue weighted by atomic mass is 16.2. The van der Waals surface area contributed by atoms with Gasteiger partial charge >= 0.3 is 0 Å². The molecule has 1 aliphatic rings. The normalized spacial score (nSPS) is 13.2. The minimum Gasteiger partial charge on any atom is -0.354 e. The van der Waals surface area contributed by atoms with Gasteiger partial charge in [-0.3, -0.25) is 9.69 Å². The molecule has 0 aromatic carbocycles.